The normalized spacial score (nSPS) is 17.5. The third kappa shape index (κ3) is 6.36. The van der Waals surface area contributed by atoms with Crippen molar-refractivity contribution in [1.29, 1.82) is 0 Å². The van der Waals surface area contributed by atoms with Crippen LogP contribution >= 0.6 is 0 Å². The highest BCUT2D eigenvalue weighted by atomic mass is 16.3. The van der Waals surface area contributed by atoms with E-state index in [0.29, 0.717) is 22.3 Å². The molecule has 0 fully saturated rings. The first-order valence-electron chi connectivity index (χ1n) is 26.8. The van der Waals surface area contributed by atoms with E-state index in [9.17, 15) is 0 Å². The molecule has 0 unspecified atom stereocenters. The molecule has 0 spiro atoms. The lowest BCUT2D eigenvalue weighted by molar-refractivity contribution is 0.668. The van der Waals surface area contributed by atoms with Gasteiger partial charge >= 0.3 is 0 Å². The Morgan fingerprint density at radius 3 is 1.01 bits per heavy atom. The monoisotopic (exact) mass is 880 g/mol. The van der Waals surface area contributed by atoms with E-state index in [1.165, 1.54) is 0 Å². The molecule has 0 radical (unpaired) electrons. The average molecular weight is 881 g/mol. The zero-order valence-electron chi connectivity index (χ0n) is 44.5. The summed E-state index contributed by atoms with van der Waals surface area (Å²) >= 11 is 0. The Hall–Kier alpha value is -8.60. The SMILES string of the molecule is [2H]C1([2H])c2ccc(-c3ccc(N(c4ccc(-c5ccc(N(c6ccc(-c7ccc8c(c7)C([2H])([2H])C8([2H])[2H])cc6)c6cccc7c6oc6ccccc67)cc5)cc4)c4cccc5c4oc4ccccc45)cc3)cc2C1([2H])[2H]. The zero-order valence-corrected chi connectivity index (χ0v) is 36.5. The van der Waals surface area contributed by atoms with Gasteiger partial charge in [0.25, 0.3) is 0 Å². The van der Waals surface area contributed by atoms with Gasteiger partial charge in [0.15, 0.2) is 11.2 Å². The summed E-state index contributed by atoms with van der Waals surface area (Å²) in [7, 11) is 0. The van der Waals surface area contributed by atoms with Crippen LogP contribution in [0.5, 0.6) is 0 Å². The minimum Gasteiger partial charge on any atom is -0.454 e. The number of benzene rings is 10. The number of hydrogen-bond donors (Lipinski definition) is 0. The van der Waals surface area contributed by atoms with Gasteiger partial charge in [-0.3, -0.25) is 0 Å². The fourth-order valence-electron chi connectivity index (χ4n) is 9.90. The van der Waals surface area contributed by atoms with Gasteiger partial charge < -0.3 is 18.6 Å². The highest BCUT2D eigenvalue weighted by Crippen LogP contribution is 2.45. The molecule has 322 valence electrons. The topological polar surface area (TPSA) is 32.8 Å². The molecule has 2 aromatic heterocycles. The molecule has 12 aromatic rings. The number of fused-ring (bicyclic) bond motifs is 8. The van der Waals surface area contributed by atoms with E-state index in [2.05, 4.69) is 131 Å². The van der Waals surface area contributed by atoms with Crippen molar-refractivity contribution in [3.8, 4) is 33.4 Å². The molecule has 2 heterocycles. The summed E-state index contributed by atoms with van der Waals surface area (Å²) in [6.45, 7) is 0. The Morgan fingerprint density at radius 1 is 0.294 bits per heavy atom. The average Bonchev–Trinajstić information content (AvgIpc) is 4.16. The number of furan rings is 2. The summed E-state index contributed by atoms with van der Waals surface area (Å²) in [4.78, 5) is 4.38. The van der Waals surface area contributed by atoms with Gasteiger partial charge in [0.05, 0.1) is 11.4 Å². The Balaban J connectivity index is 0.820. The second-order valence-electron chi connectivity index (χ2n) is 17.4. The molecule has 68 heavy (non-hydrogen) atoms. The molecule has 4 nitrogen and oxygen atoms in total. The third-order valence-corrected chi connectivity index (χ3v) is 13.5. The number of para-hydroxylation sites is 4. The van der Waals surface area contributed by atoms with Gasteiger partial charge in [0, 0.05) is 55.3 Å². The van der Waals surface area contributed by atoms with Crippen LogP contribution in [0.1, 0.15) is 33.2 Å². The molecule has 0 bridgehead atoms. The van der Waals surface area contributed by atoms with E-state index in [1.54, 1.807) is 24.3 Å². The largest absolute Gasteiger partial charge is 0.454 e. The first kappa shape index (κ1) is 31.3. The standard InChI is InChI=1S/C64H44N2O2/c1-3-13-61-55(7-1)57-9-5-11-59(63(57)67-61)65(53-35-27-45(28-36-53)49-21-17-43-15-19-47(43)39-49)51-31-23-41(24-32-51)42-25-33-52(34-26-42)66(60-12-6-10-58-56-8-2-4-14-62(56)68-64(58)60)54-37-29-46(30-38-54)50-22-18-44-16-20-48(44)40-50/h1-14,17-18,21-40H,15-16,19-20H2/i15D2,16D2,19D2,20D2. The highest BCUT2D eigenvalue weighted by Gasteiger charge is 2.23. The summed E-state index contributed by atoms with van der Waals surface area (Å²) in [6.07, 6.45) is -8.18. The van der Waals surface area contributed by atoms with Crippen LogP contribution in [-0.2, 0) is 25.5 Å². The smallest absolute Gasteiger partial charge is 0.159 e. The molecule has 0 atom stereocenters. The third-order valence-electron chi connectivity index (χ3n) is 13.5. The number of nitrogens with zero attached hydrogens (tertiary/aromatic N) is 2. The van der Waals surface area contributed by atoms with Gasteiger partial charge in [0.2, 0.25) is 0 Å². The minimum absolute atomic E-state index is 0.385. The van der Waals surface area contributed by atoms with Crippen molar-refractivity contribution in [3.05, 3.63) is 241 Å². The van der Waals surface area contributed by atoms with E-state index in [1.807, 2.05) is 72.8 Å². The van der Waals surface area contributed by atoms with Crippen molar-refractivity contribution < 1.29 is 19.8 Å². The van der Waals surface area contributed by atoms with Crippen LogP contribution in [-0.4, -0.2) is 0 Å². The van der Waals surface area contributed by atoms with Crippen LogP contribution in [0.15, 0.2) is 227 Å². The van der Waals surface area contributed by atoms with Crippen LogP contribution in [0.4, 0.5) is 34.1 Å². The second-order valence-corrected chi connectivity index (χ2v) is 17.4. The molecule has 0 aliphatic heterocycles. The quantitative estimate of drug-likeness (QED) is 0.145. The fourth-order valence-corrected chi connectivity index (χ4v) is 9.90. The molecule has 0 saturated carbocycles. The zero-order chi connectivity index (χ0) is 51.9. The first-order chi connectivity index (χ1) is 36.7. The molecule has 0 N–H and O–H groups in total. The van der Waals surface area contributed by atoms with Crippen molar-refractivity contribution in [1.82, 2.24) is 0 Å². The van der Waals surface area contributed by atoms with E-state index in [0.717, 1.165) is 111 Å². The summed E-state index contributed by atoms with van der Waals surface area (Å²) in [5.41, 5.74) is 15.4. The summed E-state index contributed by atoms with van der Waals surface area (Å²) in [6, 6.07) is 72.4. The summed E-state index contributed by atoms with van der Waals surface area (Å²) in [5, 5.41) is 4.07. The maximum Gasteiger partial charge on any atom is 0.159 e. The van der Waals surface area contributed by atoms with E-state index < -0.39 is 25.5 Å². The van der Waals surface area contributed by atoms with Crippen LogP contribution in [0.2, 0.25) is 0 Å². The van der Waals surface area contributed by atoms with Crippen LogP contribution < -0.4 is 9.80 Å². The maximum absolute atomic E-state index is 8.41. The fraction of sp³-hybridized carbons (Fsp3) is 0.0625. The van der Waals surface area contributed by atoms with Crippen molar-refractivity contribution in [3.63, 3.8) is 0 Å². The van der Waals surface area contributed by atoms with Gasteiger partial charge in [-0.15, -0.1) is 0 Å². The van der Waals surface area contributed by atoms with Gasteiger partial charge in [-0.25, -0.2) is 0 Å². The van der Waals surface area contributed by atoms with Crippen molar-refractivity contribution in [2.45, 2.75) is 25.5 Å². The van der Waals surface area contributed by atoms with E-state index in [-0.39, 0.29) is 0 Å². The molecule has 0 saturated heterocycles. The van der Waals surface area contributed by atoms with Crippen molar-refractivity contribution >= 4 is 78.0 Å². The van der Waals surface area contributed by atoms with Crippen LogP contribution in [0, 0.1) is 0 Å². The van der Waals surface area contributed by atoms with Crippen LogP contribution in [0.25, 0.3) is 77.3 Å². The molecule has 4 heteroatoms. The number of hydrogen-bond acceptors (Lipinski definition) is 4. The Bertz CT molecular complexity index is 4020. The maximum atomic E-state index is 8.41. The van der Waals surface area contributed by atoms with Gasteiger partial charge in [0.1, 0.15) is 11.2 Å². The highest BCUT2D eigenvalue weighted by molar-refractivity contribution is 6.11. The van der Waals surface area contributed by atoms with Gasteiger partial charge in [-0.05, 0) is 154 Å². The van der Waals surface area contributed by atoms with Crippen LogP contribution in [0.3, 0.4) is 0 Å². The Kier molecular flexibility index (Phi) is 7.15. The predicted molar refractivity (Wildman–Crippen MR) is 281 cm³/mol. The van der Waals surface area contributed by atoms with Gasteiger partial charge in [-0.2, -0.15) is 0 Å². The summed E-state index contributed by atoms with van der Waals surface area (Å²) in [5.74, 6) is 0. The second kappa shape index (κ2) is 15.5. The molecule has 10 aromatic carbocycles. The van der Waals surface area contributed by atoms with Crippen molar-refractivity contribution in [2.24, 2.45) is 0 Å². The first-order valence-corrected chi connectivity index (χ1v) is 22.8. The van der Waals surface area contributed by atoms with E-state index >= 15 is 0 Å². The lowest BCUT2D eigenvalue weighted by Gasteiger charge is -2.26. The van der Waals surface area contributed by atoms with Crippen molar-refractivity contribution in [2.75, 3.05) is 9.80 Å². The molecule has 0 amide bonds. The number of rotatable bonds is 9. The minimum atomic E-state index is -2.06. The predicted octanol–water partition coefficient (Wildman–Crippen LogP) is 17.6. The Labute approximate surface area is 405 Å². The lowest BCUT2D eigenvalue weighted by atomic mass is 9.86. The van der Waals surface area contributed by atoms with E-state index in [4.69, 9.17) is 19.8 Å². The number of aryl methyl sites for hydroxylation is 4. The molecule has 14 rings (SSSR count). The molecule has 2 aliphatic carbocycles. The molecule has 2 aliphatic rings. The number of anilines is 6. The van der Waals surface area contributed by atoms with Gasteiger partial charge in [-0.1, -0.05) is 146 Å². The molecular weight excluding hydrogens is 829 g/mol. The Morgan fingerprint density at radius 2 is 0.618 bits per heavy atom. The molecular formula is C64H44N2O2. The summed E-state index contributed by atoms with van der Waals surface area (Å²) < 4.78 is 79.9. The lowest BCUT2D eigenvalue weighted by Crippen LogP contribution is -2.10.